The van der Waals surface area contributed by atoms with Crippen LogP contribution < -0.4 is 29.9 Å². The first-order valence-corrected chi connectivity index (χ1v) is 12.1. The molecule has 0 unspecified atom stereocenters. The highest BCUT2D eigenvalue weighted by Gasteiger charge is 2.38. The number of anilines is 2. The van der Waals surface area contributed by atoms with Gasteiger partial charge in [-0.05, 0) is 24.3 Å². The van der Waals surface area contributed by atoms with Crippen LogP contribution in [0, 0.1) is 0 Å². The van der Waals surface area contributed by atoms with E-state index in [-0.39, 0.29) is 40.5 Å². The number of carbonyl (C=O) groups excluding carboxylic acids is 5. The zero-order valence-electron chi connectivity index (χ0n) is 22.0. The number of para-hydroxylation sites is 2. The molecule has 15 nitrogen and oxygen atoms in total. The van der Waals surface area contributed by atoms with E-state index < -0.39 is 67.8 Å². The van der Waals surface area contributed by atoms with E-state index in [1.165, 1.54) is 44.6 Å². The number of phenols is 1. The number of benzene rings is 2. The highest BCUT2D eigenvalue weighted by molar-refractivity contribution is 6.11. The Hall–Kier alpha value is -5.18. The second-order valence-electron chi connectivity index (χ2n) is 8.74. The van der Waals surface area contributed by atoms with Crippen LogP contribution >= 0.6 is 0 Å². The van der Waals surface area contributed by atoms with Gasteiger partial charge in [0.1, 0.15) is 25.5 Å². The number of hydrogen-bond acceptors (Lipinski definition) is 10. The molecule has 2 atom stereocenters. The second-order valence-corrected chi connectivity index (χ2v) is 8.74. The van der Waals surface area contributed by atoms with Crippen LogP contribution in [0.2, 0.25) is 0 Å². The molecule has 0 spiro atoms. The number of aliphatic carboxylic acids is 1. The van der Waals surface area contributed by atoms with Gasteiger partial charge in [-0.15, -0.1) is 0 Å². The lowest BCUT2D eigenvalue weighted by Crippen LogP contribution is -2.55. The van der Waals surface area contributed by atoms with Crippen LogP contribution in [0.3, 0.4) is 0 Å². The normalized spacial score (nSPS) is 15.2. The number of phenolic OH excluding ortho intramolecular Hbond substituents is 1. The number of aldehydes is 1. The van der Waals surface area contributed by atoms with E-state index in [0.717, 1.165) is 9.80 Å². The van der Waals surface area contributed by atoms with Crippen LogP contribution in [0.15, 0.2) is 36.4 Å². The van der Waals surface area contributed by atoms with Crippen LogP contribution in [-0.4, -0.2) is 97.2 Å². The third-order valence-electron chi connectivity index (χ3n) is 6.08. The highest BCUT2D eigenvalue weighted by Crippen LogP contribution is 2.37. The van der Waals surface area contributed by atoms with Crippen LogP contribution in [0.4, 0.5) is 11.4 Å². The highest BCUT2D eigenvalue weighted by atomic mass is 16.5. The molecule has 1 heterocycles. The summed E-state index contributed by atoms with van der Waals surface area (Å²) in [5, 5.41) is 33.5. The zero-order valence-corrected chi connectivity index (χ0v) is 22.0. The standard InChI is InChI=1S/C26H28N4O11/c1-40-19-7-14(8-20(41-2)24(19)37)25(38)28-16-10-29(22(34)13-32)17-5-3-4-6-18(17)30(26(16)39)11-21(33)27-15(12-31)9-23(35)36/h3-8,12,15-16,32,37H,9-11,13H2,1-2H3,(H,27,33)(H,28,38)(H,35,36)/t15-,16-/m0/s1. The van der Waals surface area contributed by atoms with Crippen molar-refractivity contribution in [1.29, 1.82) is 0 Å². The van der Waals surface area contributed by atoms with E-state index in [1.54, 1.807) is 6.07 Å². The van der Waals surface area contributed by atoms with Crippen molar-refractivity contribution >= 4 is 47.3 Å². The molecule has 3 rings (SSSR count). The molecule has 0 bridgehead atoms. The Morgan fingerprint density at radius 2 is 1.71 bits per heavy atom. The Kier molecular flexibility index (Phi) is 9.81. The molecule has 15 heteroatoms. The Morgan fingerprint density at radius 3 is 2.24 bits per heavy atom. The van der Waals surface area contributed by atoms with E-state index in [4.69, 9.17) is 14.6 Å². The molecule has 0 aromatic heterocycles. The maximum Gasteiger partial charge on any atom is 0.305 e. The molecule has 0 aliphatic carbocycles. The topological polar surface area (TPSA) is 212 Å². The van der Waals surface area contributed by atoms with Gasteiger partial charge in [-0.3, -0.25) is 28.9 Å². The van der Waals surface area contributed by atoms with Crippen molar-refractivity contribution in [3.8, 4) is 17.2 Å². The number of aromatic hydroxyl groups is 1. The Morgan fingerprint density at radius 1 is 1.10 bits per heavy atom. The van der Waals surface area contributed by atoms with Crippen LogP contribution in [-0.2, 0) is 24.0 Å². The van der Waals surface area contributed by atoms with E-state index in [2.05, 4.69) is 10.6 Å². The van der Waals surface area contributed by atoms with Crippen LogP contribution in [0.1, 0.15) is 16.8 Å². The van der Waals surface area contributed by atoms with Gasteiger partial charge in [-0.2, -0.15) is 0 Å². The van der Waals surface area contributed by atoms with E-state index in [9.17, 15) is 39.0 Å². The van der Waals surface area contributed by atoms with Crippen molar-refractivity contribution in [1.82, 2.24) is 10.6 Å². The van der Waals surface area contributed by atoms with Crippen molar-refractivity contribution in [2.75, 3.05) is 43.7 Å². The minimum absolute atomic E-state index is 0.0714. The lowest BCUT2D eigenvalue weighted by molar-refractivity contribution is -0.139. The minimum atomic E-state index is -1.45. The van der Waals surface area contributed by atoms with Crippen molar-refractivity contribution in [2.45, 2.75) is 18.5 Å². The summed E-state index contributed by atoms with van der Waals surface area (Å²) in [6, 6.07) is 5.59. The average molecular weight is 573 g/mol. The number of carboxylic acids is 1. The molecule has 0 fully saturated rings. The van der Waals surface area contributed by atoms with Crippen molar-refractivity contribution in [3.05, 3.63) is 42.0 Å². The maximum absolute atomic E-state index is 13.8. The lowest BCUT2D eigenvalue weighted by atomic mass is 10.1. The number of carboxylic acid groups (broad SMARTS) is 1. The first kappa shape index (κ1) is 30.4. The number of nitrogens with one attached hydrogen (secondary N) is 2. The molecule has 41 heavy (non-hydrogen) atoms. The van der Waals surface area contributed by atoms with Gasteiger partial charge in [0.05, 0.1) is 44.6 Å². The third-order valence-corrected chi connectivity index (χ3v) is 6.08. The van der Waals surface area contributed by atoms with Gasteiger partial charge in [0, 0.05) is 5.56 Å². The van der Waals surface area contributed by atoms with Crippen molar-refractivity contribution < 1.29 is 53.6 Å². The number of amides is 4. The van der Waals surface area contributed by atoms with Gasteiger partial charge in [0.15, 0.2) is 11.5 Å². The largest absolute Gasteiger partial charge is 0.502 e. The van der Waals surface area contributed by atoms with Gasteiger partial charge in [-0.25, -0.2) is 0 Å². The predicted octanol–water partition coefficient (Wildman–Crippen LogP) is -0.962. The Balaban J connectivity index is 2.00. The summed E-state index contributed by atoms with van der Waals surface area (Å²) < 4.78 is 10.1. The molecular formula is C26H28N4O11. The van der Waals surface area contributed by atoms with Crippen molar-refractivity contribution in [2.24, 2.45) is 0 Å². The first-order chi connectivity index (χ1) is 19.5. The summed E-state index contributed by atoms with van der Waals surface area (Å²) in [5.74, 6) is -5.20. The zero-order chi connectivity index (χ0) is 30.3. The summed E-state index contributed by atoms with van der Waals surface area (Å²) >= 11 is 0. The quantitative estimate of drug-likeness (QED) is 0.207. The number of hydrogen-bond donors (Lipinski definition) is 5. The third kappa shape index (κ3) is 6.88. The number of rotatable bonds is 11. The Labute approximate surface area is 233 Å². The predicted molar refractivity (Wildman–Crippen MR) is 141 cm³/mol. The molecule has 218 valence electrons. The summed E-state index contributed by atoms with van der Waals surface area (Å²) in [5.41, 5.74) is 0.160. The molecule has 1 aliphatic rings. The molecule has 2 aromatic rings. The second kappa shape index (κ2) is 13.3. The fourth-order valence-corrected chi connectivity index (χ4v) is 4.16. The number of fused-ring (bicyclic) bond motifs is 1. The molecule has 0 saturated heterocycles. The summed E-state index contributed by atoms with van der Waals surface area (Å²) in [6.07, 6.45) is -0.439. The van der Waals surface area contributed by atoms with E-state index in [1.807, 2.05) is 0 Å². The minimum Gasteiger partial charge on any atom is -0.502 e. The molecule has 4 amide bonds. The van der Waals surface area contributed by atoms with Crippen molar-refractivity contribution in [3.63, 3.8) is 0 Å². The van der Waals surface area contributed by atoms with Crippen LogP contribution in [0.5, 0.6) is 17.2 Å². The average Bonchev–Trinajstić information content (AvgIpc) is 3.06. The van der Waals surface area contributed by atoms with E-state index in [0.29, 0.717) is 0 Å². The Bertz CT molecular complexity index is 1340. The molecule has 0 saturated carbocycles. The summed E-state index contributed by atoms with van der Waals surface area (Å²) in [6.45, 7) is -2.05. The maximum atomic E-state index is 13.8. The number of aliphatic hydroxyl groups is 1. The molecule has 1 aliphatic heterocycles. The number of aliphatic hydroxyl groups excluding tert-OH is 1. The van der Waals surface area contributed by atoms with Crippen LogP contribution in [0.25, 0.3) is 0 Å². The molecule has 0 radical (unpaired) electrons. The van der Waals surface area contributed by atoms with Gasteiger partial charge < -0.3 is 45.1 Å². The molecule has 2 aromatic carbocycles. The lowest BCUT2D eigenvalue weighted by Gasteiger charge is -2.25. The van der Waals surface area contributed by atoms with Gasteiger partial charge in [0.2, 0.25) is 11.7 Å². The smallest absolute Gasteiger partial charge is 0.305 e. The number of nitrogens with zero attached hydrogens (tertiary/aromatic N) is 2. The summed E-state index contributed by atoms with van der Waals surface area (Å²) in [7, 11) is 2.52. The van der Waals surface area contributed by atoms with Gasteiger partial charge >= 0.3 is 5.97 Å². The molecular weight excluding hydrogens is 544 g/mol. The SMILES string of the molecule is COc1cc(C(=O)N[C@H]2CN(C(=O)CO)c3ccccc3N(CC(=O)N[C@H](C=O)CC(=O)O)C2=O)cc(OC)c1O. The van der Waals surface area contributed by atoms with Gasteiger partial charge in [0.25, 0.3) is 17.7 Å². The molecule has 5 N–H and O–H groups in total. The first-order valence-electron chi connectivity index (χ1n) is 12.1. The van der Waals surface area contributed by atoms with Gasteiger partial charge in [-0.1, -0.05) is 12.1 Å². The monoisotopic (exact) mass is 572 g/mol. The number of ether oxygens (including phenoxy) is 2. The number of carbonyl (C=O) groups is 6. The summed E-state index contributed by atoms with van der Waals surface area (Å²) in [4.78, 5) is 76.8. The number of methoxy groups -OCH3 is 2. The fraction of sp³-hybridized carbons (Fsp3) is 0.308. The fourth-order valence-electron chi connectivity index (χ4n) is 4.16. The van der Waals surface area contributed by atoms with E-state index >= 15 is 0 Å².